The average Bonchev–Trinajstić information content (AvgIpc) is 2.82. The molecule has 1 fully saturated rings. The van der Waals surface area contributed by atoms with Crippen LogP contribution in [0.5, 0.6) is 0 Å². The van der Waals surface area contributed by atoms with Gasteiger partial charge < -0.3 is 10.1 Å². The largest absolute Gasteiger partial charge is 0.413 e. The van der Waals surface area contributed by atoms with E-state index in [1.807, 2.05) is 13.0 Å². The molecule has 0 unspecified atom stereocenters. The van der Waals surface area contributed by atoms with E-state index in [1.54, 1.807) is 6.08 Å². The van der Waals surface area contributed by atoms with Gasteiger partial charge in [0.05, 0.1) is 0 Å². The van der Waals surface area contributed by atoms with E-state index in [1.165, 1.54) is 7.05 Å². The van der Waals surface area contributed by atoms with Gasteiger partial charge in [-0.05, 0) is 24.3 Å². The van der Waals surface area contributed by atoms with Gasteiger partial charge in [-0.1, -0.05) is 6.92 Å². The molecule has 1 aliphatic rings. The highest BCUT2D eigenvalue weighted by atomic mass is 16.6. The third-order valence-corrected chi connectivity index (χ3v) is 2.04. The van der Waals surface area contributed by atoms with E-state index in [-0.39, 0.29) is 11.2 Å². The van der Waals surface area contributed by atoms with Crippen molar-refractivity contribution in [1.29, 1.82) is 5.26 Å². The van der Waals surface area contributed by atoms with Crippen LogP contribution in [0, 0.1) is 16.7 Å². The lowest BCUT2D eigenvalue weighted by molar-refractivity contribution is 0.181. The normalized spacial score (nSPS) is 18.7. The number of hydrogen-bond acceptors (Lipinski definition) is 3. The number of nitrogens with zero attached hydrogens (tertiary/aromatic N) is 1. The molecule has 1 N–H and O–H groups in total. The second-order valence-electron chi connectivity index (χ2n) is 3.41. The SMILES string of the molecule is CNC(=O)OC(C#N)=CC1(C)CC1. The van der Waals surface area contributed by atoms with Crippen molar-refractivity contribution < 1.29 is 9.53 Å². The highest BCUT2D eigenvalue weighted by molar-refractivity contribution is 5.68. The molecule has 0 atom stereocenters. The molecule has 0 saturated heterocycles. The summed E-state index contributed by atoms with van der Waals surface area (Å²) in [6, 6.07) is 1.84. The maximum Gasteiger partial charge on any atom is 0.413 e. The summed E-state index contributed by atoms with van der Waals surface area (Å²) >= 11 is 0. The second-order valence-corrected chi connectivity index (χ2v) is 3.41. The number of carbonyl (C=O) groups is 1. The number of nitrogens with one attached hydrogen (secondary N) is 1. The van der Waals surface area contributed by atoms with Crippen molar-refractivity contribution in [2.75, 3.05) is 7.05 Å². The predicted octanol–water partition coefficient (Wildman–Crippen LogP) is 1.55. The number of rotatable bonds is 2. The Morgan fingerprint density at radius 1 is 1.69 bits per heavy atom. The summed E-state index contributed by atoms with van der Waals surface area (Å²) < 4.78 is 4.71. The highest BCUT2D eigenvalue weighted by Crippen LogP contribution is 2.47. The zero-order valence-corrected chi connectivity index (χ0v) is 7.76. The average molecular weight is 180 g/mol. The fourth-order valence-corrected chi connectivity index (χ4v) is 0.893. The van der Waals surface area contributed by atoms with Gasteiger partial charge in [-0.25, -0.2) is 4.79 Å². The number of allylic oxidation sites excluding steroid dienone is 2. The van der Waals surface area contributed by atoms with Crippen molar-refractivity contribution in [3.63, 3.8) is 0 Å². The Balaban J connectivity index is 2.58. The van der Waals surface area contributed by atoms with Crippen molar-refractivity contribution in [2.24, 2.45) is 5.41 Å². The lowest BCUT2D eigenvalue weighted by Crippen LogP contribution is -2.18. The summed E-state index contributed by atoms with van der Waals surface area (Å²) in [5.41, 5.74) is 0.0685. The number of nitriles is 1. The van der Waals surface area contributed by atoms with E-state index in [0.29, 0.717) is 0 Å². The summed E-state index contributed by atoms with van der Waals surface area (Å²) in [4.78, 5) is 10.8. The number of hydrogen-bond donors (Lipinski definition) is 1. The highest BCUT2D eigenvalue weighted by Gasteiger charge is 2.36. The smallest absolute Gasteiger partial charge is 0.399 e. The second kappa shape index (κ2) is 3.48. The van der Waals surface area contributed by atoms with Crippen molar-refractivity contribution >= 4 is 6.09 Å². The van der Waals surface area contributed by atoms with E-state index in [4.69, 9.17) is 10.00 Å². The summed E-state index contributed by atoms with van der Waals surface area (Å²) in [5.74, 6) is 0.0827. The molecule has 4 heteroatoms. The van der Waals surface area contributed by atoms with Crippen LogP contribution in [0.3, 0.4) is 0 Å². The molecule has 70 valence electrons. The number of amides is 1. The van der Waals surface area contributed by atoms with Gasteiger partial charge in [-0.3, -0.25) is 0 Å². The van der Waals surface area contributed by atoms with Gasteiger partial charge in [0.1, 0.15) is 6.07 Å². The monoisotopic (exact) mass is 180 g/mol. The fraction of sp³-hybridized carbons (Fsp3) is 0.556. The van der Waals surface area contributed by atoms with Crippen LogP contribution in [-0.2, 0) is 4.74 Å². The molecule has 0 aromatic rings. The summed E-state index contributed by atoms with van der Waals surface area (Å²) in [6.45, 7) is 2.03. The van der Waals surface area contributed by atoms with Crippen LogP contribution in [0.25, 0.3) is 0 Å². The summed E-state index contributed by atoms with van der Waals surface area (Å²) in [7, 11) is 1.45. The summed E-state index contributed by atoms with van der Waals surface area (Å²) in [5, 5.41) is 10.9. The first-order chi connectivity index (χ1) is 6.09. The van der Waals surface area contributed by atoms with E-state index >= 15 is 0 Å². The van der Waals surface area contributed by atoms with Gasteiger partial charge in [0.25, 0.3) is 0 Å². The number of ether oxygens (including phenoxy) is 1. The molecule has 0 aromatic carbocycles. The van der Waals surface area contributed by atoms with Gasteiger partial charge in [0.2, 0.25) is 5.76 Å². The Morgan fingerprint density at radius 3 is 2.69 bits per heavy atom. The van der Waals surface area contributed by atoms with Gasteiger partial charge in [0, 0.05) is 7.05 Å². The Morgan fingerprint density at radius 2 is 2.31 bits per heavy atom. The molecular weight excluding hydrogens is 168 g/mol. The molecule has 0 radical (unpaired) electrons. The van der Waals surface area contributed by atoms with Crippen molar-refractivity contribution in [1.82, 2.24) is 5.32 Å². The van der Waals surface area contributed by atoms with E-state index in [2.05, 4.69) is 5.32 Å². The third-order valence-electron chi connectivity index (χ3n) is 2.04. The van der Waals surface area contributed by atoms with Crippen LogP contribution >= 0.6 is 0 Å². The van der Waals surface area contributed by atoms with Crippen LogP contribution in [0.2, 0.25) is 0 Å². The Hall–Kier alpha value is -1.50. The minimum Gasteiger partial charge on any atom is -0.399 e. The number of carbonyl (C=O) groups excluding carboxylic acids is 1. The maximum atomic E-state index is 10.8. The Labute approximate surface area is 77.2 Å². The Bertz CT molecular complexity index is 284. The van der Waals surface area contributed by atoms with Crippen LogP contribution in [0.4, 0.5) is 4.79 Å². The van der Waals surface area contributed by atoms with Gasteiger partial charge >= 0.3 is 6.09 Å². The fourth-order valence-electron chi connectivity index (χ4n) is 0.893. The van der Waals surface area contributed by atoms with Crippen LogP contribution in [-0.4, -0.2) is 13.1 Å². The molecule has 1 amide bonds. The molecule has 0 bridgehead atoms. The van der Waals surface area contributed by atoms with Crippen LogP contribution in [0.1, 0.15) is 19.8 Å². The zero-order chi connectivity index (χ0) is 9.90. The Kier molecular flexibility index (Phi) is 2.57. The maximum absolute atomic E-state index is 10.8. The molecule has 13 heavy (non-hydrogen) atoms. The first-order valence-electron chi connectivity index (χ1n) is 4.12. The molecule has 0 spiro atoms. The van der Waals surface area contributed by atoms with Crippen molar-refractivity contribution in [3.05, 3.63) is 11.8 Å². The molecule has 0 heterocycles. The van der Waals surface area contributed by atoms with Crippen LogP contribution < -0.4 is 5.32 Å². The molecule has 1 rings (SSSR count). The van der Waals surface area contributed by atoms with Crippen molar-refractivity contribution in [2.45, 2.75) is 19.8 Å². The first kappa shape index (κ1) is 9.59. The first-order valence-corrected chi connectivity index (χ1v) is 4.12. The van der Waals surface area contributed by atoms with Gasteiger partial charge in [0.15, 0.2) is 0 Å². The van der Waals surface area contributed by atoms with Gasteiger partial charge in [-0.15, -0.1) is 0 Å². The van der Waals surface area contributed by atoms with Crippen molar-refractivity contribution in [3.8, 4) is 6.07 Å². The van der Waals surface area contributed by atoms with E-state index in [9.17, 15) is 4.79 Å². The predicted molar refractivity (Wildman–Crippen MR) is 46.6 cm³/mol. The topological polar surface area (TPSA) is 62.1 Å². The molecule has 0 aromatic heterocycles. The molecular formula is C9H12N2O2. The van der Waals surface area contributed by atoms with E-state index < -0.39 is 6.09 Å². The van der Waals surface area contributed by atoms with Crippen LogP contribution in [0.15, 0.2) is 11.8 Å². The lowest BCUT2D eigenvalue weighted by Gasteiger charge is -2.03. The zero-order valence-electron chi connectivity index (χ0n) is 7.76. The third kappa shape index (κ3) is 2.79. The molecule has 1 saturated carbocycles. The minimum atomic E-state index is -0.600. The molecule has 4 nitrogen and oxygen atoms in total. The standard InChI is InChI=1S/C9H12N2O2/c1-9(3-4-9)5-7(6-10)13-8(12)11-2/h5H,3-4H2,1-2H3,(H,11,12). The molecule has 1 aliphatic carbocycles. The van der Waals surface area contributed by atoms with E-state index in [0.717, 1.165) is 12.8 Å². The summed E-state index contributed by atoms with van der Waals surface area (Å²) in [6.07, 6.45) is 3.21. The van der Waals surface area contributed by atoms with Gasteiger partial charge in [-0.2, -0.15) is 5.26 Å². The minimum absolute atomic E-state index is 0.0685. The molecule has 0 aliphatic heterocycles. The lowest BCUT2D eigenvalue weighted by atomic mass is 10.1. The number of alkyl carbamates (subject to hydrolysis) is 1. The quantitative estimate of drug-likeness (QED) is 0.518.